The normalized spacial score (nSPS) is 15.1. The van der Waals surface area contributed by atoms with Gasteiger partial charge in [-0.15, -0.1) is 29.3 Å². The first-order valence-electron chi connectivity index (χ1n) is 6.01. The van der Waals surface area contributed by atoms with Crippen LogP contribution in [0.3, 0.4) is 0 Å². The first-order chi connectivity index (χ1) is 9.21. The molecular weight excluding hydrogens is 465 g/mol. The van der Waals surface area contributed by atoms with E-state index in [1.807, 2.05) is 0 Å². The van der Waals surface area contributed by atoms with E-state index in [4.69, 9.17) is 0 Å². The summed E-state index contributed by atoms with van der Waals surface area (Å²) in [4.78, 5) is 3.92. The van der Waals surface area contributed by atoms with Gasteiger partial charge in [0.25, 0.3) is 0 Å². The van der Waals surface area contributed by atoms with Gasteiger partial charge in [-0.25, -0.2) is 0 Å². The van der Waals surface area contributed by atoms with E-state index in [9.17, 15) is 17.6 Å². The van der Waals surface area contributed by atoms with E-state index in [1.165, 1.54) is 12.1 Å². The number of pyridine rings is 1. The fraction of sp³-hybridized carbons (Fsp3) is 0.267. The first kappa shape index (κ1) is 16.2. The molecule has 1 nitrogen and oxygen atoms in total. The van der Waals surface area contributed by atoms with Gasteiger partial charge < -0.3 is 4.98 Å². The molecule has 0 bridgehead atoms. The maximum Gasteiger partial charge on any atom is 0.417 e. The van der Waals surface area contributed by atoms with E-state index in [0.29, 0.717) is 22.4 Å². The van der Waals surface area contributed by atoms with Crippen molar-refractivity contribution in [3.05, 3.63) is 53.0 Å². The van der Waals surface area contributed by atoms with Crippen LogP contribution in [0.1, 0.15) is 30.5 Å². The molecule has 114 valence electrons. The zero-order valence-corrected chi connectivity index (χ0v) is 13.4. The number of nitrogens with zero attached hydrogens (tertiary/aromatic N) is 1. The van der Waals surface area contributed by atoms with Crippen molar-refractivity contribution in [2.24, 2.45) is 0 Å². The van der Waals surface area contributed by atoms with Crippen LogP contribution in [-0.4, -0.2) is 4.98 Å². The van der Waals surface area contributed by atoms with Crippen LogP contribution in [0.25, 0.3) is 11.3 Å². The third kappa shape index (κ3) is 2.42. The van der Waals surface area contributed by atoms with Gasteiger partial charge >= 0.3 is 6.18 Å². The third-order valence-electron chi connectivity index (χ3n) is 3.70. The minimum atomic E-state index is -4.44. The van der Waals surface area contributed by atoms with Crippen LogP contribution in [0, 0.1) is 11.9 Å². The number of aromatic nitrogens is 1. The van der Waals surface area contributed by atoms with Crippen LogP contribution in [-0.2, 0) is 32.7 Å². The number of fused-ring (bicyclic) bond motifs is 3. The Labute approximate surface area is 133 Å². The number of hydrogen-bond acceptors (Lipinski definition) is 1. The van der Waals surface area contributed by atoms with Gasteiger partial charge in [0.1, 0.15) is 0 Å². The molecule has 0 fully saturated rings. The second kappa shape index (κ2) is 4.91. The molecule has 0 unspecified atom stereocenters. The summed E-state index contributed by atoms with van der Waals surface area (Å²) in [6, 6.07) is 6.36. The van der Waals surface area contributed by atoms with Crippen molar-refractivity contribution in [3.8, 4) is 11.3 Å². The average Bonchev–Trinajstić information content (AvgIpc) is 2.57. The van der Waals surface area contributed by atoms with Crippen molar-refractivity contribution < 1.29 is 38.6 Å². The van der Waals surface area contributed by atoms with Crippen LogP contribution in [0.5, 0.6) is 0 Å². The van der Waals surface area contributed by atoms with Crippen molar-refractivity contribution >= 4 is 0 Å². The minimum Gasteiger partial charge on any atom is -0.304 e. The Bertz CT molecular complexity index is 707. The maximum atomic E-state index is 13.4. The molecule has 0 saturated carbocycles. The standard InChI is InChI=1S/C15H10F4N.Pt/c1-14(2)11-6-9(16)3-4-10(11)13-12(14)5-8(7-20-13)15(17,18)19;/h3,5-7H,1-2H3;/q-1;. The second-order valence-corrected chi connectivity index (χ2v) is 5.35. The molecule has 0 atom stereocenters. The maximum absolute atomic E-state index is 13.4. The van der Waals surface area contributed by atoms with Gasteiger partial charge in [-0.05, 0) is 11.1 Å². The average molecular weight is 475 g/mol. The van der Waals surface area contributed by atoms with Gasteiger partial charge in [-0.1, -0.05) is 25.5 Å². The Kier molecular flexibility index (Phi) is 3.77. The quantitative estimate of drug-likeness (QED) is 0.408. The Morgan fingerprint density at radius 1 is 1.14 bits per heavy atom. The predicted octanol–water partition coefficient (Wildman–Crippen LogP) is 4.34. The van der Waals surface area contributed by atoms with Crippen molar-refractivity contribution in [1.29, 1.82) is 0 Å². The molecule has 1 heterocycles. The summed E-state index contributed by atoms with van der Waals surface area (Å²) in [7, 11) is 0. The number of rotatable bonds is 0. The number of alkyl halides is 3. The largest absolute Gasteiger partial charge is 0.417 e. The summed E-state index contributed by atoms with van der Waals surface area (Å²) in [5.41, 5.74) is 0.552. The molecule has 1 aromatic heterocycles. The summed E-state index contributed by atoms with van der Waals surface area (Å²) >= 11 is 0. The summed E-state index contributed by atoms with van der Waals surface area (Å²) in [5, 5.41) is 0. The van der Waals surface area contributed by atoms with Crippen LogP contribution in [0.15, 0.2) is 24.4 Å². The summed E-state index contributed by atoms with van der Waals surface area (Å²) in [5.74, 6) is -0.458. The Balaban J connectivity index is 0.00000161. The minimum absolute atomic E-state index is 0. The molecule has 1 aliphatic carbocycles. The monoisotopic (exact) mass is 475 g/mol. The van der Waals surface area contributed by atoms with E-state index in [1.54, 1.807) is 13.8 Å². The Morgan fingerprint density at radius 2 is 1.81 bits per heavy atom. The molecule has 0 saturated heterocycles. The van der Waals surface area contributed by atoms with Crippen molar-refractivity contribution in [1.82, 2.24) is 4.98 Å². The van der Waals surface area contributed by atoms with Crippen LogP contribution in [0.4, 0.5) is 17.6 Å². The van der Waals surface area contributed by atoms with E-state index in [2.05, 4.69) is 11.1 Å². The zero-order valence-electron chi connectivity index (χ0n) is 11.1. The molecule has 21 heavy (non-hydrogen) atoms. The molecular formula is C15H10F4NPt-. The van der Waals surface area contributed by atoms with E-state index in [0.717, 1.165) is 12.3 Å². The van der Waals surface area contributed by atoms with Gasteiger partial charge in [-0.3, -0.25) is 4.39 Å². The zero-order chi connectivity index (χ0) is 14.7. The fourth-order valence-corrected chi connectivity index (χ4v) is 2.60. The molecule has 0 amide bonds. The number of halogens is 4. The van der Waals surface area contributed by atoms with Crippen molar-refractivity contribution in [2.45, 2.75) is 25.4 Å². The molecule has 1 aliphatic rings. The first-order valence-corrected chi connectivity index (χ1v) is 6.01. The van der Waals surface area contributed by atoms with Gasteiger partial charge in [0.2, 0.25) is 0 Å². The molecule has 0 aliphatic heterocycles. The molecule has 0 radical (unpaired) electrons. The van der Waals surface area contributed by atoms with Crippen LogP contribution in [0.2, 0.25) is 0 Å². The SMILES string of the molecule is CC1(C)c2cc(F)c[c-]c2-c2ncc(C(F)(F)F)cc21.[Pt]. The van der Waals surface area contributed by atoms with Crippen molar-refractivity contribution in [3.63, 3.8) is 0 Å². The second-order valence-electron chi connectivity index (χ2n) is 5.35. The molecule has 1 aromatic carbocycles. The smallest absolute Gasteiger partial charge is 0.304 e. The molecule has 0 N–H and O–H groups in total. The molecule has 3 rings (SSSR count). The van der Waals surface area contributed by atoms with Crippen LogP contribution >= 0.6 is 0 Å². The summed E-state index contributed by atoms with van der Waals surface area (Å²) in [6.45, 7) is 3.51. The fourth-order valence-electron chi connectivity index (χ4n) is 2.60. The van der Waals surface area contributed by atoms with Gasteiger partial charge in [0.15, 0.2) is 0 Å². The molecule has 0 spiro atoms. The molecule has 6 heteroatoms. The van der Waals surface area contributed by atoms with Crippen molar-refractivity contribution in [2.75, 3.05) is 0 Å². The Morgan fingerprint density at radius 3 is 2.43 bits per heavy atom. The third-order valence-corrected chi connectivity index (χ3v) is 3.70. The van der Waals surface area contributed by atoms with Gasteiger partial charge in [-0.2, -0.15) is 13.2 Å². The predicted molar refractivity (Wildman–Crippen MR) is 65.6 cm³/mol. The van der Waals surface area contributed by atoms with Gasteiger partial charge in [0.05, 0.1) is 5.56 Å². The van der Waals surface area contributed by atoms with Crippen LogP contribution < -0.4 is 0 Å². The van der Waals surface area contributed by atoms with E-state index >= 15 is 0 Å². The number of hydrogen-bond donors (Lipinski definition) is 0. The number of benzene rings is 1. The van der Waals surface area contributed by atoms with Gasteiger partial charge in [0, 0.05) is 33.1 Å². The topological polar surface area (TPSA) is 12.9 Å². The molecule has 2 aromatic rings. The summed E-state index contributed by atoms with van der Waals surface area (Å²) in [6.07, 6.45) is -3.64. The summed E-state index contributed by atoms with van der Waals surface area (Å²) < 4.78 is 51.7. The van der Waals surface area contributed by atoms with E-state index < -0.39 is 23.0 Å². The Hall–Kier alpha value is -1.22. The van der Waals surface area contributed by atoms with E-state index in [-0.39, 0.29) is 21.1 Å².